The van der Waals surface area contributed by atoms with Gasteiger partial charge in [-0.2, -0.15) is 0 Å². The summed E-state index contributed by atoms with van der Waals surface area (Å²) in [6.07, 6.45) is 7.26. The number of carbonyl (C=O) groups is 1. The van der Waals surface area contributed by atoms with Crippen molar-refractivity contribution in [3.63, 3.8) is 0 Å². The molecule has 1 heteroatoms. The molecule has 1 aliphatic rings. The van der Waals surface area contributed by atoms with Gasteiger partial charge in [0.1, 0.15) is 6.29 Å². The van der Waals surface area contributed by atoms with Crippen LogP contribution in [0.4, 0.5) is 0 Å². The molecule has 0 saturated heterocycles. The van der Waals surface area contributed by atoms with Crippen molar-refractivity contribution in [3.05, 3.63) is 71.8 Å². The maximum Gasteiger partial charge on any atom is 0.135 e. The van der Waals surface area contributed by atoms with Gasteiger partial charge in [0.2, 0.25) is 0 Å². The molecule has 2 aromatic carbocycles. The molecular formula is C20H22O. The Labute approximate surface area is 127 Å². The summed E-state index contributed by atoms with van der Waals surface area (Å²) in [5, 5.41) is 0. The Morgan fingerprint density at radius 3 is 1.67 bits per heavy atom. The van der Waals surface area contributed by atoms with Gasteiger partial charge >= 0.3 is 0 Å². The second kappa shape index (κ2) is 6.26. The van der Waals surface area contributed by atoms with Crippen LogP contribution in [0.2, 0.25) is 0 Å². The maximum absolute atomic E-state index is 12.3. The molecule has 21 heavy (non-hydrogen) atoms. The Hall–Kier alpha value is -1.89. The molecule has 0 amide bonds. The van der Waals surface area contributed by atoms with Crippen LogP contribution in [-0.2, 0) is 10.2 Å². The van der Waals surface area contributed by atoms with Gasteiger partial charge in [-0.3, -0.25) is 0 Å². The van der Waals surface area contributed by atoms with Crippen LogP contribution in [-0.4, -0.2) is 6.29 Å². The van der Waals surface area contributed by atoms with Gasteiger partial charge in [0.15, 0.2) is 0 Å². The highest BCUT2D eigenvalue weighted by atomic mass is 16.1. The zero-order valence-corrected chi connectivity index (χ0v) is 12.4. The van der Waals surface area contributed by atoms with Crippen LogP contribution in [0.15, 0.2) is 60.7 Å². The Morgan fingerprint density at radius 2 is 1.24 bits per heavy atom. The van der Waals surface area contributed by atoms with Gasteiger partial charge in [0.25, 0.3) is 0 Å². The largest absolute Gasteiger partial charge is 0.302 e. The maximum atomic E-state index is 12.3. The van der Waals surface area contributed by atoms with Crippen molar-refractivity contribution in [2.75, 3.05) is 0 Å². The molecule has 0 unspecified atom stereocenters. The molecule has 0 aromatic heterocycles. The average molecular weight is 278 g/mol. The van der Waals surface area contributed by atoms with Gasteiger partial charge in [-0.1, -0.05) is 79.9 Å². The summed E-state index contributed by atoms with van der Waals surface area (Å²) in [6, 6.07) is 20.6. The topological polar surface area (TPSA) is 17.1 Å². The van der Waals surface area contributed by atoms with Crippen LogP contribution >= 0.6 is 0 Å². The highest BCUT2D eigenvalue weighted by Gasteiger charge is 2.42. The number of benzene rings is 2. The van der Waals surface area contributed by atoms with Gasteiger partial charge in [0, 0.05) is 0 Å². The van der Waals surface area contributed by atoms with Crippen LogP contribution in [0.5, 0.6) is 0 Å². The Kier molecular flexibility index (Phi) is 4.19. The lowest BCUT2D eigenvalue weighted by atomic mass is 9.62. The first-order valence-corrected chi connectivity index (χ1v) is 7.95. The summed E-state index contributed by atoms with van der Waals surface area (Å²) >= 11 is 0. The van der Waals surface area contributed by atoms with E-state index >= 15 is 0 Å². The minimum Gasteiger partial charge on any atom is -0.302 e. The van der Waals surface area contributed by atoms with E-state index in [2.05, 4.69) is 24.3 Å². The van der Waals surface area contributed by atoms with Crippen LogP contribution < -0.4 is 0 Å². The second-order valence-electron chi connectivity index (χ2n) is 6.05. The number of hydrogen-bond donors (Lipinski definition) is 0. The lowest BCUT2D eigenvalue weighted by Gasteiger charge is -2.39. The Bertz CT molecular complexity index is 528. The fourth-order valence-corrected chi connectivity index (χ4v) is 3.86. The first kappa shape index (κ1) is 14.1. The number of hydrogen-bond acceptors (Lipinski definition) is 1. The molecule has 2 aromatic rings. The molecular weight excluding hydrogens is 256 g/mol. The van der Waals surface area contributed by atoms with E-state index in [1.54, 1.807) is 0 Å². The van der Waals surface area contributed by atoms with Gasteiger partial charge < -0.3 is 4.79 Å². The first-order valence-electron chi connectivity index (χ1n) is 7.95. The van der Waals surface area contributed by atoms with Crippen molar-refractivity contribution in [3.8, 4) is 0 Å². The monoisotopic (exact) mass is 278 g/mol. The van der Waals surface area contributed by atoms with Crippen LogP contribution in [0, 0.1) is 5.92 Å². The highest BCUT2D eigenvalue weighted by Crippen LogP contribution is 2.44. The third-order valence-corrected chi connectivity index (χ3v) is 4.94. The van der Waals surface area contributed by atoms with E-state index in [4.69, 9.17) is 0 Å². The van der Waals surface area contributed by atoms with Crippen molar-refractivity contribution in [1.82, 2.24) is 0 Å². The molecule has 1 nitrogen and oxygen atoms in total. The SMILES string of the molecule is O=CC(c1ccccc1)(c1ccccc1)C1CCCCC1. The number of aldehydes is 1. The lowest BCUT2D eigenvalue weighted by Crippen LogP contribution is -2.39. The molecule has 108 valence electrons. The predicted octanol–water partition coefficient (Wildman–Crippen LogP) is 4.75. The van der Waals surface area contributed by atoms with E-state index in [1.165, 1.54) is 25.5 Å². The molecule has 1 aliphatic carbocycles. The minimum absolute atomic E-state index is 0.411. The van der Waals surface area contributed by atoms with Gasteiger partial charge in [0.05, 0.1) is 5.41 Å². The van der Waals surface area contributed by atoms with Crippen molar-refractivity contribution >= 4 is 6.29 Å². The minimum atomic E-state index is -0.483. The number of carbonyl (C=O) groups excluding carboxylic acids is 1. The highest BCUT2D eigenvalue weighted by molar-refractivity contribution is 5.75. The van der Waals surface area contributed by atoms with Gasteiger partial charge in [-0.25, -0.2) is 0 Å². The Balaban J connectivity index is 2.15. The van der Waals surface area contributed by atoms with Gasteiger partial charge in [-0.15, -0.1) is 0 Å². The summed E-state index contributed by atoms with van der Waals surface area (Å²) < 4.78 is 0. The zero-order chi connectivity index (χ0) is 14.5. The fourth-order valence-electron chi connectivity index (χ4n) is 3.86. The summed E-state index contributed by atoms with van der Waals surface area (Å²) in [6.45, 7) is 0. The van der Waals surface area contributed by atoms with E-state index in [0.717, 1.165) is 24.0 Å². The third-order valence-electron chi connectivity index (χ3n) is 4.94. The number of rotatable bonds is 4. The molecule has 0 radical (unpaired) electrons. The first-order chi connectivity index (χ1) is 10.4. The standard InChI is InChI=1S/C20H22O/c21-16-20(17-10-4-1-5-11-17,18-12-6-2-7-13-18)19-14-8-3-9-15-19/h1-2,4-7,10-13,16,19H,3,8-9,14-15H2. The lowest BCUT2D eigenvalue weighted by molar-refractivity contribution is -0.113. The van der Waals surface area contributed by atoms with E-state index in [9.17, 15) is 4.79 Å². The van der Waals surface area contributed by atoms with Crippen molar-refractivity contribution < 1.29 is 4.79 Å². The molecule has 0 N–H and O–H groups in total. The molecule has 3 rings (SSSR count). The Morgan fingerprint density at radius 1 is 0.762 bits per heavy atom. The summed E-state index contributed by atoms with van der Waals surface area (Å²) in [5.74, 6) is 0.411. The predicted molar refractivity (Wildman–Crippen MR) is 86.3 cm³/mol. The molecule has 0 aliphatic heterocycles. The molecule has 0 atom stereocenters. The van der Waals surface area contributed by atoms with E-state index < -0.39 is 5.41 Å². The summed E-state index contributed by atoms with van der Waals surface area (Å²) in [4.78, 5) is 12.3. The quantitative estimate of drug-likeness (QED) is 0.737. The fraction of sp³-hybridized carbons (Fsp3) is 0.350. The summed E-state index contributed by atoms with van der Waals surface area (Å²) in [7, 11) is 0. The molecule has 0 bridgehead atoms. The van der Waals surface area contributed by atoms with Crippen LogP contribution in [0.25, 0.3) is 0 Å². The summed E-state index contributed by atoms with van der Waals surface area (Å²) in [5.41, 5.74) is 1.79. The second-order valence-corrected chi connectivity index (χ2v) is 6.05. The van der Waals surface area contributed by atoms with Crippen molar-refractivity contribution in [2.45, 2.75) is 37.5 Å². The normalized spacial score (nSPS) is 16.6. The van der Waals surface area contributed by atoms with Crippen LogP contribution in [0.3, 0.4) is 0 Å². The van der Waals surface area contributed by atoms with E-state index in [1.807, 2.05) is 36.4 Å². The molecule has 1 fully saturated rings. The van der Waals surface area contributed by atoms with Crippen LogP contribution in [0.1, 0.15) is 43.2 Å². The smallest absolute Gasteiger partial charge is 0.135 e. The van der Waals surface area contributed by atoms with Gasteiger partial charge in [-0.05, 0) is 29.9 Å². The van der Waals surface area contributed by atoms with Crippen molar-refractivity contribution in [2.24, 2.45) is 5.92 Å². The average Bonchev–Trinajstić information content (AvgIpc) is 2.59. The molecule has 0 heterocycles. The molecule has 0 spiro atoms. The van der Waals surface area contributed by atoms with Crippen molar-refractivity contribution in [1.29, 1.82) is 0 Å². The molecule has 1 saturated carbocycles. The van der Waals surface area contributed by atoms with E-state index in [0.29, 0.717) is 5.92 Å². The van der Waals surface area contributed by atoms with E-state index in [-0.39, 0.29) is 0 Å². The zero-order valence-electron chi connectivity index (χ0n) is 12.4. The third kappa shape index (κ3) is 2.53.